The highest BCUT2D eigenvalue weighted by molar-refractivity contribution is 5.93. The number of para-hydroxylation sites is 1. The Morgan fingerprint density at radius 2 is 1.74 bits per heavy atom. The van der Waals surface area contributed by atoms with E-state index in [-0.39, 0.29) is 17.9 Å². The van der Waals surface area contributed by atoms with E-state index in [4.69, 9.17) is 4.74 Å². The summed E-state index contributed by atoms with van der Waals surface area (Å²) >= 11 is 0. The molecule has 0 bridgehead atoms. The summed E-state index contributed by atoms with van der Waals surface area (Å²) in [5.74, 6) is -0.565. The highest BCUT2D eigenvalue weighted by Gasteiger charge is 2.18. The minimum atomic E-state index is -0.565. The molecule has 0 amide bonds. The topological polar surface area (TPSA) is 73.2 Å². The van der Waals surface area contributed by atoms with Crippen LogP contribution in [0.1, 0.15) is 23.0 Å². The van der Waals surface area contributed by atoms with Gasteiger partial charge in [-0.3, -0.25) is 4.79 Å². The Kier molecular flexibility index (Phi) is 5.99. The first-order valence-corrected chi connectivity index (χ1v) is 8.83. The van der Waals surface area contributed by atoms with Crippen LogP contribution in [-0.4, -0.2) is 28.9 Å². The molecule has 0 saturated heterocycles. The van der Waals surface area contributed by atoms with Crippen molar-refractivity contribution >= 4 is 11.7 Å². The van der Waals surface area contributed by atoms with Crippen LogP contribution in [0, 0.1) is 0 Å². The number of nitrogens with zero attached hydrogens (tertiary/aromatic N) is 2. The molecule has 138 valence electrons. The average molecular weight is 363 g/mol. The van der Waals surface area contributed by atoms with Gasteiger partial charge >= 0.3 is 5.97 Å². The zero-order chi connectivity index (χ0) is 19.1. The number of rotatable bonds is 7. The monoisotopic (exact) mass is 363 g/mol. The number of esters is 1. The van der Waals surface area contributed by atoms with Gasteiger partial charge in [0.1, 0.15) is 0 Å². The fourth-order valence-corrected chi connectivity index (χ4v) is 2.68. The fourth-order valence-electron chi connectivity index (χ4n) is 2.68. The first-order chi connectivity index (χ1) is 13.2. The van der Waals surface area contributed by atoms with Crippen molar-refractivity contribution in [1.82, 2.24) is 9.78 Å². The molecule has 3 aromatic rings. The highest BCUT2D eigenvalue weighted by Crippen LogP contribution is 2.14. The molecule has 0 fully saturated rings. The Morgan fingerprint density at radius 1 is 1.07 bits per heavy atom. The number of hydrogen-bond acceptors (Lipinski definition) is 5. The number of benzene rings is 2. The van der Waals surface area contributed by atoms with Gasteiger partial charge < -0.3 is 10.1 Å². The Bertz CT molecular complexity index is 953. The number of ether oxygens (including phenoxy) is 1. The molecular weight excluding hydrogens is 342 g/mol. The molecule has 0 radical (unpaired) electrons. The summed E-state index contributed by atoms with van der Waals surface area (Å²) in [6, 6.07) is 20.3. The first kappa shape index (κ1) is 18.4. The van der Waals surface area contributed by atoms with E-state index in [9.17, 15) is 9.59 Å². The number of nitrogens with one attached hydrogen (secondary N) is 1. The average Bonchev–Trinajstić information content (AvgIpc) is 2.70. The predicted molar refractivity (Wildman–Crippen MR) is 104 cm³/mol. The minimum Gasteiger partial charge on any atom is -0.461 e. The molecule has 0 aliphatic rings. The van der Waals surface area contributed by atoms with E-state index in [1.807, 2.05) is 36.4 Å². The lowest BCUT2D eigenvalue weighted by molar-refractivity contribution is 0.0518. The summed E-state index contributed by atoms with van der Waals surface area (Å²) in [6.07, 6.45) is 0.755. The standard InChI is InChI=1S/C21H21N3O3/c1-2-27-21(26)20-18(22-14-13-16-9-5-3-6-10-16)15-19(25)24(23-20)17-11-7-4-8-12-17/h3-12,15,22H,2,13-14H2,1H3. The van der Waals surface area contributed by atoms with Gasteiger partial charge in [0.2, 0.25) is 0 Å². The van der Waals surface area contributed by atoms with Gasteiger partial charge in [-0.2, -0.15) is 9.78 Å². The van der Waals surface area contributed by atoms with Crippen LogP contribution in [0.4, 0.5) is 5.69 Å². The van der Waals surface area contributed by atoms with Crippen LogP contribution >= 0.6 is 0 Å². The summed E-state index contributed by atoms with van der Waals surface area (Å²) in [7, 11) is 0. The molecule has 27 heavy (non-hydrogen) atoms. The van der Waals surface area contributed by atoms with Gasteiger partial charge in [0.05, 0.1) is 18.0 Å². The zero-order valence-electron chi connectivity index (χ0n) is 15.1. The van der Waals surface area contributed by atoms with Crippen molar-refractivity contribution in [3.05, 3.63) is 88.3 Å². The fraction of sp³-hybridized carbons (Fsp3) is 0.190. The van der Waals surface area contributed by atoms with Crippen molar-refractivity contribution in [2.24, 2.45) is 0 Å². The van der Waals surface area contributed by atoms with Crippen LogP contribution in [0.2, 0.25) is 0 Å². The number of hydrogen-bond donors (Lipinski definition) is 1. The lowest BCUT2D eigenvalue weighted by Gasteiger charge is -2.13. The lowest BCUT2D eigenvalue weighted by atomic mass is 10.1. The Labute approximate surface area is 157 Å². The van der Waals surface area contributed by atoms with Crippen LogP contribution in [0.25, 0.3) is 5.69 Å². The van der Waals surface area contributed by atoms with Crippen LogP contribution in [0.3, 0.4) is 0 Å². The maximum atomic E-state index is 12.5. The molecule has 0 aliphatic heterocycles. The lowest BCUT2D eigenvalue weighted by Crippen LogP contribution is -2.26. The molecule has 0 atom stereocenters. The highest BCUT2D eigenvalue weighted by atomic mass is 16.5. The van der Waals surface area contributed by atoms with Gasteiger partial charge in [-0.15, -0.1) is 0 Å². The van der Waals surface area contributed by atoms with E-state index in [2.05, 4.69) is 10.4 Å². The molecule has 0 unspecified atom stereocenters. The molecule has 6 heteroatoms. The summed E-state index contributed by atoms with van der Waals surface area (Å²) in [6.45, 7) is 2.52. The van der Waals surface area contributed by atoms with Crippen molar-refractivity contribution in [1.29, 1.82) is 0 Å². The third-order valence-corrected chi connectivity index (χ3v) is 3.97. The first-order valence-electron chi connectivity index (χ1n) is 8.83. The van der Waals surface area contributed by atoms with Gasteiger partial charge in [-0.05, 0) is 31.0 Å². The van der Waals surface area contributed by atoms with Gasteiger partial charge in [-0.25, -0.2) is 4.79 Å². The maximum absolute atomic E-state index is 12.5. The molecule has 0 aliphatic carbocycles. The van der Waals surface area contributed by atoms with Gasteiger partial charge in [0, 0.05) is 12.6 Å². The van der Waals surface area contributed by atoms with Crippen molar-refractivity contribution in [2.45, 2.75) is 13.3 Å². The van der Waals surface area contributed by atoms with Gasteiger partial charge in [-0.1, -0.05) is 48.5 Å². The molecule has 1 aromatic heterocycles. The minimum absolute atomic E-state index is 0.0911. The molecule has 1 N–H and O–H groups in total. The van der Waals surface area contributed by atoms with Crippen molar-refractivity contribution < 1.29 is 9.53 Å². The molecular formula is C21H21N3O3. The van der Waals surface area contributed by atoms with E-state index < -0.39 is 5.97 Å². The normalized spacial score (nSPS) is 10.4. The van der Waals surface area contributed by atoms with E-state index in [1.54, 1.807) is 31.2 Å². The van der Waals surface area contributed by atoms with Crippen LogP contribution < -0.4 is 10.9 Å². The Morgan fingerprint density at radius 3 is 2.41 bits per heavy atom. The molecule has 0 spiro atoms. The molecule has 0 saturated carbocycles. The molecule has 6 nitrogen and oxygen atoms in total. The van der Waals surface area contributed by atoms with Gasteiger partial charge in [0.25, 0.3) is 5.56 Å². The quantitative estimate of drug-likeness (QED) is 0.653. The SMILES string of the molecule is CCOC(=O)c1nn(-c2ccccc2)c(=O)cc1NCCc1ccccc1. The van der Waals surface area contributed by atoms with Crippen LogP contribution in [0.15, 0.2) is 71.5 Å². The summed E-state index contributed by atoms with van der Waals surface area (Å²) < 4.78 is 6.31. The van der Waals surface area contributed by atoms with Gasteiger partial charge in [0.15, 0.2) is 5.69 Å². The second-order valence-electron chi connectivity index (χ2n) is 5.88. The number of carbonyl (C=O) groups is 1. The number of anilines is 1. The maximum Gasteiger partial charge on any atom is 0.360 e. The van der Waals surface area contributed by atoms with Crippen LogP contribution in [0.5, 0.6) is 0 Å². The molecule has 1 heterocycles. The zero-order valence-corrected chi connectivity index (χ0v) is 15.1. The largest absolute Gasteiger partial charge is 0.461 e. The van der Waals surface area contributed by atoms with Crippen LogP contribution in [-0.2, 0) is 11.2 Å². The predicted octanol–water partition coefficient (Wildman–Crippen LogP) is 3.06. The second kappa shape index (κ2) is 8.80. The van der Waals surface area contributed by atoms with E-state index in [0.29, 0.717) is 17.9 Å². The summed E-state index contributed by atoms with van der Waals surface area (Å²) in [5, 5.41) is 7.40. The summed E-state index contributed by atoms with van der Waals surface area (Å²) in [5.41, 5.74) is 1.89. The number of carbonyl (C=O) groups excluding carboxylic acids is 1. The van der Waals surface area contributed by atoms with Crippen molar-refractivity contribution in [2.75, 3.05) is 18.5 Å². The Balaban J connectivity index is 1.88. The van der Waals surface area contributed by atoms with Crippen molar-refractivity contribution in [3.63, 3.8) is 0 Å². The molecule has 2 aromatic carbocycles. The van der Waals surface area contributed by atoms with Crippen molar-refractivity contribution in [3.8, 4) is 5.69 Å². The second-order valence-corrected chi connectivity index (χ2v) is 5.88. The van der Waals surface area contributed by atoms with E-state index in [1.165, 1.54) is 10.7 Å². The third kappa shape index (κ3) is 4.61. The third-order valence-electron chi connectivity index (χ3n) is 3.97. The number of aromatic nitrogens is 2. The van der Waals surface area contributed by atoms with E-state index >= 15 is 0 Å². The summed E-state index contributed by atoms with van der Waals surface area (Å²) in [4.78, 5) is 24.9. The molecule has 3 rings (SSSR count). The Hall–Kier alpha value is -3.41. The van der Waals surface area contributed by atoms with E-state index in [0.717, 1.165) is 12.0 Å². The smallest absolute Gasteiger partial charge is 0.360 e.